The van der Waals surface area contributed by atoms with Crippen LogP contribution in [0.1, 0.15) is 35.2 Å². The van der Waals surface area contributed by atoms with Crippen molar-refractivity contribution in [2.75, 3.05) is 0 Å². The second-order valence-corrected chi connectivity index (χ2v) is 8.68. The third kappa shape index (κ3) is 4.07. The molecule has 0 aliphatic carbocycles. The number of carbonyl (C=O) groups excluding carboxylic acids is 4. The van der Waals surface area contributed by atoms with Crippen LogP contribution in [0.4, 0.5) is 0 Å². The summed E-state index contributed by atoms with van der Waals surface area (Å²) in [6, 6.07) is 20.4. The molecule has 1 saturated heterocycles. The highest BCUT2D eigenvalue weighted by atomic mass is 16.7. The maximum absolute atomic E-state index is 12.3. The number of aromatic nitrogens is 1. The van der Waals surface area contributed by atoms with Crippen LogP contribution < -0.4 is 9.67 Å². The van der Waals surface area contributed by atoms with Crippen LogP contribution in [0.15, 0.2) is 66.7 Å². The Bertz CT molecular complexity index is 1540. The lowest BCUT2D eigenvalue weighted by atomic mass is 9.93. The van der Waals surface area contributed by atoms with Crippen molar-refractivity contribution in [2.24, 2.45) is 7.05 Å². The first-order valence-corrected chi connectivity index (χ1v) is 11.6. The number of carbonyl (C=O) groups is 4. The summed E-state index contributed by atoms with van der Waals surface area (Å²) in [5.41, 5.74) is 4.13. The lowest BCUT2D eigenvalue weighted by Gasteiger charge is -2.15. The lowest BCUT2D eigenvalue weighted by molar-refractivity contribution is -0.617. The second-order valence-electron chi connectivity index (χ2n) is 8.68. The summed E-state index contributed by atoms with van der Waals surface area (Å²) in [6.07, 6.45) is 0.459. The van der Waals surface area contributed by atoms with Crippen LogP contribution in [0.5, 0.6) is 0 Å². The number of carboxylic acid groups (broad SMARTS) is 1. The summed E-state index contributed by atoms with van der Waals surface area (Å²) < 4.78 is 1.97. The molecule has 0 saturated carbocycles. The molecule has 0 spiro atoms. The first-order valence-electron chi connectivity index (χ1n) is 11.6. The van der Waals surface area contributed by atoms with Crippen molar-refractivity contribution in [3.8, 4) is 11.1 Å². The highest BCUT2D eigenvalue weighted by Gasteiger charge is 2.32. The third-order valence-electron chi connectivity index (χ3n) is 6.47. The van der Waals surface area contributed by atoms with Crippen molar-refractivity contribution < 1.29 is 33.7 Å². The minimum absolute atomic E-state index is 0.00132. The largest absolute Gasteiger partial charge is 0.545 e. The van der Waals surface area contributed by atoms with Crippen LogP contribution in [0.3, 0.4) is 0 Å². The first-order chi connectivity index (χ1) is 17.3. The van der Waals surface area contributed by atoms with Crippen molar-refractivity contribution >= 4 is 45.6 Å². The highest BCUT2D eigenvalue weighted by Crippen LogP contribution is 2.33. The van der Waals surface area contributed by atoms with E-state index in [2.05, 4.69) is 0 Å². The summed E-state index contributed by atoms with van der Waals surface area (Å²) in [6.45, 7) is 0. The van der Waals surface area contributed by atoms with Gasteiger partial charge in [0.25, 0.3) is 11.8 Å². The maximum Gasteiger partial charge on any atom is 0.333 e. The molecule has 8 nitrogen and oxygen atoms in total. The molecule has 3 aromatic carbocycles. The number of aryl methyl sites for hydroxylation is 2. The van der Waals surface area contributed by atoms with E-state index in [9.17, 15) is 24.3 Å². The summed E-state index contributed by atoms with van der Waals surface area (Å²) >= 11 is 0. The number of fused-ring (bicyclic) bond motifs is 2. The molecule has 0 atom stereocenters. The molecule has 1 aromatic heterocycles. The number of amides is 2. The van der Waals surface area contributed by atoms with Gasteiger partial charge in [0.05, 0.1) is 23.2 Å². The fraction of sp³-hybridized carbons (Fsp3) is 0.179. The van der Waals surface area contributed by atoms with Crippen molar-refractivity contribution in [3.63, 3.8) is 0 Å². The SMILES string of the molecule is C[n+]1c2ccccc2c(C(=O)[O-])c2c(-c3ccc(CCC(=O)ON4C(=O)CCC4=O)cc3)cccc21. The van der Waals surface area contributed by atoms with E-state index in [1.54, 1.807) is 12.1 Å². The molecule has 1 aliphatic heterocycles. The Hall–Kier alpha value is -4.59. The number of hydrogen-bond acceptors (Lipinski definition) is 6. The smallest absolute Gasteiger partial charge is 0.333 e. The number of carboxylic acids is 1. The van der Waals surface area contributed by atoms with Gasteiger partial charge >= 0.3 is 5.97 Å². The van der Waals surface area contributed by atoms with Gasteiger partial charge in [-0.15, -0.1) is 5.06 Å². The number of pyridine rings is 1. The Morgan fingerprint density at radius 2 is 1.58 bits per heavy atom. The van der Waals surface area contributed by atoms with Crippen LogP contribution >= 0.6 is 0 Å². The van der Waals surface area contributed by atoms with Gasteiger partial charge in [-0.25, -0.2) is 4.79 Å². The first kappa shape index (κ1) is 23.2. The monoisotopic (exact) mass is 482 g/mol. The Kier molecular flexibility index (Phi) is 5.93. The summed E-state index contributed by atoms with van der Waals surface area (Å²) in [5.74, 6) is -2.92. The van der Waals surface area contributed by atoms with Crippen LogP contribution in [0.25, 0.3) is 32.9 Å². The van der Waals surface area contributed by atoms with Crippen molar-refractivity contribution in [1.29, 1.82) is 0 Å². The number of para-hydroxylation sites is 1. The van der Waals surface area contributed by atoms with E-state index in [4.69, 9.17) is 4.84 Å². The van der Waals surface area contributed by atoms with Gasteiger partial charge in [-0.1, -0.05) is 48.5 Å². The summed E-state index contributed by atoms with van der Waals surface area (Å²) in [4.78, 5) is 52.5. The van der Waals surface area contributed by atoms with Gasteiger partial charge in [0.15, 0.2) is 0 Å². The van der Waals surface area contributed by atoms with Gasteiger partial charge < -0.3 is 14.7 Å². The molecule has 2 amide bonds. The third-order valence-corrected chi connectivity index (χ3v) is 6.47. The van der Waals surface area contributed by atoms with Crippen molar-refractivity contribution in [1.82, 2.24) is 5.06 Å². The molecule has 36 heavy (non-hydrogen) atoms. The van der Waals surface area contributed by atoms with E-state index in [0.29, 0.717) is 22.3 Å². The van der Waals surface area contributed by atoms with Gasteiger partial charge in [-0.3, -0.25) is 9.59 Å². The molecule has 8 heteroatoms. The fourth-order valence-corrected chi connectivity index (χ4v) is 4.68. The van der Waals surface area contributed by atoms with E-state index in [1.807, 2.05) is 66.2 Å². The number of hydroxylamine groups is 2. The minimum atomic E-state index is -1.24. The van der Waals surface area contributed by atoms with Crippen LogP contribution in [0, 0.1) is 0 Å². The molecular weight excluding hydrogens is 460 g/mol. The van der Waals surface area contributed by atoms with Gasteiger partial charge in [-0.05, 0) is 29.2 Å². The molecule has 2 heterocycles. The van der Waals surface area contributed by atoms with E-state index < -0.39 is 23.8 Å². The molecular formula is C28H22N2O6. The second kappa shape index (κ2) is 9.22. The number of aromatic carboxylic acids is 1. The molecule has 0 radical (unpaired) electrons. The van der Waals surface area contributed by atoms with E-state index in [0.717, 1.165) is 27.7 Å². The normalized spacial score (nSPS) is 13.5. The molecule has 0 N–H and O–H groups in total. The Morgan fingerprint density at radius 3 is 2.28 bits per heavy atom. The topological polar surface area (TPSA) is 108 Å². The van der Waals surface area contributed by atoms with Crippen molar-refractivity contribution in [2.45, 2.75) is 25.7 Å². The van der Waals surface area contributed by atoms with Crippen LogP contribution in [-0.4, -0.2) is 28.8 Å². The average Bonchev–Trinajstić information content (AvgIpc) is 3.19. The van der Waals surface area contributed by atoms with Crippen LogP contribution in [0.2, 0.25) is 0 Å². The van der Waals surface area contributed by atoms with E-state index in [-0.39, 0.29) is 24.8 Å². The Labute approximate surface area is 206 Å². The number of benzene rings is 3. The predicted molar refractivity (Wildman–Crippen MR) is 128 cm³/mol. The predicted octanol–water partition coefficient (Wildman–Crippen LogP) is 2.39. The van der Waals surface area contributed by atoms with Gasteiger partial charge in [0, 0.05) is 30.5 Å². The van der Waals surface area contributed by atoms with E-state index >= 15 is 0 Å². The van der Waals surface area contributed by atoms with Crippen molar-refractivity contribution in [3.05, 3.63) is 77.9 Å². The number of rotatable bonds is 6. The minimum Gasteiger partial charge on any atom is -0.545 e. The molecule has 180 valence electrons. The van der Waals surface area contributed by atoms with E-state index in [1.165, 1.54) is 0 Å². The average molecular weight is 482 g/mol. The number of hydrogen-bond donors (Lipinski definition) is 0. The lowest BCUT2D eigenvalue weighted by Crippen LogP contribution is -2.33. The highest BCUT2D eigenvalue weighted by molar-refractivity contribution is 6.15. The molecule has 1 fully saturated rings. The molecule has 0 unspecified atom stereocenters. The molecule has 0 bridgehead atoms. The zero-order valence-corrected chi connectivity index (χ0v) is 19.5. The number of nitrogens with zero attached hydrogens (tertiary/aromatic N) is 2. The zero-order chi connectivity index (χ0) is 25.4. The zero-order valence-electron chi connectivity index (χ0n) is 19.5. The molecule has 5 rings (SSSR count). The molecule has 1 aliphatic rings. The quantitative estimate of drug-likeness (QED) is 0.237. The summed E-state index contributed by atoms with van der Waals surface area (Å²) in [5, 5.41) is 14.0. The van der Waals surface area contributed by atoms with Gasteiger partial charge in [0.1, 0.15) is 7.05 Å². The number of imide groups is 1. The molecule has 4 aromatic rings. The standard InChI is InChI=1S/C28H22N2O6/c1-29-21-7-3-2-5-20(21)27(28(34)35)26-19(6-4-8-22(26)29)18-12-9-17(10-13-18)11-16-25(33)36-30-23(31)14-15-24(30)32/h2-10,12-13H,11,14-16H2,1H3. The maximum atomic E-state index is 12.3. The summed E-state index contributed by atoms with van der Waals surface area (Å²) in [7, 11) is 1.90. The Balaban J connectivity index is 1.44. The van der Waals surface area contributed by atoms with Gasteiger partial charge in [-0.2, -0.15) is 4.57 Å². The fourth-order valence-electron chi connectivity index (χ4n) is 4.68. The Morgan fingerprint density at radius 1 is 0.917 bits per heavy atom. The van der Waals surface area contributed by atoms with Crippen LogP contribution in [-0.2, 0) is 32.7 Å². The van der Waals surface area contributed by atoms with Gasteiger partial charge in [0.2, 0.25) is 11.0 Å².